The minimum absolute atomic E-state index is 0.197. The first-order valence-electron chi connectivity index (χ1n) is 6.50. The van der Waals surface area contributed by atoms with Crippen molar-refractivity contribution in [2.75, 3.05) is 4.90 Å². The molecule has 1 N–H and O–H groups in total. The Morgan fingerprint density at radius 1 is 1.29 bits per heavy atom. The Morgan fingerprint density at radius 3 is 2.48 bits per heavy atom. The van der Waals surface area contributed by atoms with Crippen molar-refractivity contribution in [2.24, 2.45) is 0 Å². The van der Waals surface area contributed by atoms with Crippen molar-refractivity contribution in [3.63, 3.8) is 0 Å². The van der Waals surface area contributed by atoms with Crippen LogP contribution in [0.3, 0.4) is 0 Å². The molecule has 2 amide bonds. The van der Waals surface area contributed by atoms with Gasteiger partial charge in [-0.15, -0.1) is 0 Å². The Bertz CT molecular complexity index is 619. The van der Waals surface area contributed by atoms with Crippen LogP contribution >= 0.6 is 39.1 Å². The number of benzene rings is 1. The molecule has 0 bridgehead atoms. The fourth-order valence-electron chi connectivity index (χ4n) is 2.35. The van der Waals surface area contributed by atoms with Gasteiger partial charge in [-0.3, -0.25) is 14.5 Å². The van der Waals surface area contributed by atoms with Crippen molar-refractivity contribution in [3.05, 3.63) is 26.7 Å². The van der Waals surface area contributed by atoms with Crippen molar-refractivity contribution in [2.45, 2.75) is 38.8 Å². The maximum atomic E-state index is 12.7. The van der Waals surface area contributed by atoms with Crippen LogP contribution in [0.15, 0.2) is 16.6 Å². The van der Waals surface area contributed by atoms with Crippen molar-refractivity contribution in [1.29, 1.82) is 0 Å². The summed E-state index contributed by atoms with van der Waals surface area (Å²) in [6.45, 7) is 5.18. The highest BCUT2D eigenvalue weighted by molar-refractivity contribution is 9.10. The van der Waals surface area contributed by atoms with Crippen LogP contribution in [0.5, 0.6) is 0 Å². The average Bonchev–Trinajstić information content (AvgIpc) is 2.40. The molecule has 1 fully saturated rings. The molecule has 4 nitrogen and oxygen atoms in total. The molecule has 1 unspecified atom stereocenters. The quantitative estimate of drug-likeness (QED) is 0.777. The lowest BCUT2D eigenvalue weighted by atomic mass is 9.95. The van der Waals surface area contributed by atoms with Crippen LogP contribution in [0.2, 0.25) is 10.0 Å². The van der Waals surface area contributed by atoms with E-state index in [1.54, 1.807) is 26.0 Å². The first-order valence-corrected chi connectivity index (χ1v) is 8.04. The highest BCUT2D eigenvalue weighted by Gasteiger charge is 2.45. The van der Waals surface area contributed by atoms with Gasteiger partial charge in [-0.25, -0.2) is 0 Å². The minimum atomic E-state index is -0.981. The maximum absolute atomic E-state index is 12.7. The van der Waals surface area contributed by atoms with Crippen LogP contribution < -0.4 is 10.2 Å². The zero-order valence-corrected chi connectivity index (χ0v) is 14.9. The number of anilines is 1. The van der Waals surface area contributed by atoms with E-state index < -0.39 is 11.6 Å². The van der Waals surface area contributed by atoms with Crippen LogP contribution in [-0.2, 0) is 9.59 Å². The smallest absolute Gasteiger partial charge is 0.252 e. The second kappa shape index (κ2) is 5.78. The number of nitrogens with one attached hydrogen (secondary N) is 1. The van der Waals surface area contributed by atoms with Crippen LogP contribution in [0.4, 0.5) is 5.69 Å². The molecule has 21 heavy (non-hydrogen) atoms. The van der Waals surface area contributed by atoms with E-state index in [4.69, 9.17) is 23.2 Å². The monoisotopic (exact) mass is 392 g/mol. The number of carbonyl (C=O) groups is 2. The molecule has 114 valence electrons. The summed E-state index contributed by atoms with van der Waals surface area (Å²) in [7, 11) is 0. The van der Waals surface area contributed by atoms with E-state index >= 15 is 0 Å². The molecule has 1 aliphatic rings. The molecule has 1 saturated heterocycles. The van der Waals surface area contributed by atoms with Crippen molar-refractivity contribution >= 4 is 56.6 Å². The molecule has 1 heterocycles. The van der Waals surface area contributed by atoms with Gasteiger partial charge in [-0.2, -0.15) is 0 Å². The maximum Gasteiger partial charge on any atom is 0.252 e. The fraction of sp³-hybridized carbons (Fsp3) is 0.429. The molecular formula is C14H15BrCl2N2O2. The van der Waals surface area contributed by atoms with Gasteiger partial charge in [-0.05, 0) is 48.3 Å². The molecule has 0 aliphatic carbocycles. The van der Waals surface area contributed by atoms with E-state index in [9.17, 15) is 9.59 Å². The molecule has 0 radical (unpaired) electrons. The average molecular weight is 394 g/mol. The van der Waals surface area contributed by atoms with E-state index in [2.05, 4.69) is 21.2 Å². The standard InChI is InChI=1S/C14H15BrCl2N2O2/c1-4-8-12(20)18-14(2,3)13(21)19(8)9-6-5-7(15)10(16)11(9)17/h5-6,8H,4H2,1-3H3,(H,18,20). The highest BCUT2D eigenvalue weighted by atomic mass is 79.9. The molecule has 1 aromatic rings. The number of nitrogens with zero attached hydrogens (tertiary/aromatic N) is 1. The third-order valence-corrected chi connectivity index (χ3v) is 5.23. The zero-order valence-electron chi connectivity index (χ0n) is 11.8. The molecule has 0 aromatic heterocycles. The van der Waals surface area contributed by atoms with Crippen molar-refractivity contribution in [1.82, 2.24) is 5.32 Å². The van der Waals surface area contributed by atoms with Crippen molar-refractivity contribution < 1.29 is 9.59 Å². The van der Waals surface area contributed by atoms with E-state index in [0.717, 1.165) is 0 Å². The van der Waals surface area contributed by atoms with Crippen LogP contribution in [0, 0.1) is 0 Å². The molecule has 1 aromatic carbocycles. The second-order valence-electron chi connectivity index (χ2n) is 5.41. The summed E-state index contributed by atoms with van der Waals surface area (Å²) < 4.78 is 0.638. The SMILES string of the molecule is CCC1C(=O)NC(C)(C)C(=O)N1c1ccc(Br)c(Cl)c1Cl. The second-order valence-corrected chi connectivity index (χ2v) is 7.02. The molecule has 0 spiro atoms. The van der Waals surface area contributed by atoms with Gasteiger partial charge in [0.15, 0.2) is 0 Å². The summed E-state index contributed by atoms with van der Waals surface area (Å²) in [5.74, 6) is -0.411. The van der Waals surface area contributed by atoms with Gasteiger partial charge in [0, 0.05) is 4.47 Å². The lowest BCUT2D eigenvalue weighted by Gasteiger charge is -2.42. The molecule has 7 heteroatoms. The lowest BCUT2D eigenvalue weighted by molar-refractivity contribution is -0.137. The molecule has 1 aliphatic heterocycles. The molecular weight excluding hydrogens is 379 g/mol. The lowest BCUT2D eigenvalue weighted by Crippen LogP contribution is -2.68. The van der Waals surface area contributed by atoms with Gasteiger partial charge in [0.05, 0.1) is 15.7 Å². The Morgan fingerprint density at radius 2 is 1.90 bits per heavy atom. The summed E-state index contributed by atoms with van der Waals surface area (Å²) in [5.41, 5.74) is -0.532. The third-order valence-electron chi connectivity index (χ3n) is 3.46. The predicted octanol–water partition coefficient (Wildman–Crippen LogP) is 3.78. The molecule has 0 saturated carbocycles. The zero-order chi connectivity index (χ0) is 15.9. The number of amides is 2. The van der Waals surface area contributed by atoms with Crippen molar-refractivity contribution in [3.8, 4) is 0 Å². The number of hydrogen-bond acceptors (Lipinski definition) is 2. The van der Waals surface area contributed by atoms with E-state index in [1.807, 2.05) is 6.92 Å². The Kier molecular flexibility index (Phi) is 4.57. The number of hydrogen-bond donors (Lipinski definition) is 1. The summed E-state index contributed by atoms with van der Waals surface area (Å²) in [4.78, 5) is 26.4. The van der Waals surface area contributed by atoms with Gasteiger partial charge in [0.25, 0.3) is 5.91 Å². The summed E-state index contributed by atoms with van der Waals surface area (Å²) in [5, 5.41) is 3.31. The Hall–Kier alpha value is -0.780. The first kappa shape index (κ1) is 16.6. The van der Waals surface area contributed by atoms with Gasteiger partial charge in [-0.1, -0.05) is 30.1 Å². The van der Waals surface area contributed by atoms with E-state index in [1.165, 1.54) is 4.90 Å². The number of piperazine rings is 1. The van der Waals surface area contributed by atoms with Gasteiger partial charge in [0.2, 0.25) is 5.91 Å². The van der Waals surface area contributed by atoms with Crippen LogP contribution in [0.1, 0.15) is 27.2 Å². The summed E-state index contributed by atoms with van der Waals surface area (Å²) in [6.07, 6.45) is 0.484. The molecule has 1 atom stereocenters. The normalized spacial score (nSPS) is 21.4. The van der Waals surface area contributed by atoms with Gasteiger partial charge in [0.1, 0.15) is 11.6 Å². The topological polar surface area (TPSA) is 49.4 Å². The Balaban J connectivity index is 2.60. The number of halogens is 3. The highest BCUT2D eigenvalue weighted by Crippen LogP contribution is 2.40. The Labute approximate surface area is 141 Å². The van der Waals surface area contributed by atoms with Crippen LogP contribution in [-0.4, -0.2) is 23.4 Å². The predicted molar refractivity (Wildman–Crippen MR) is 87.9 cm³/mol. The van der Waals surface area contributed by atoms with Gasteiger partial charge < -0.3 is 5.32 Å². The van der Waals surface area contributed by atoms with Crippen LogP contribution in [0.25, 0.3) is 0 Å². The number of carbonyl (C=O) groups excluding carboxylic acids is 2. The number of rotatable bonds is 2. The van der Waals surface area contributed by atoms with E-state index in [-0.39, 0.29) is 16.8 Å². The summed E-state index contributed by atoms with van der Waals surface area (Å²) in [6, 6.07) is 2.80. The van der Waals surface area contributed by atoms with Gasteiger partial charge >= 0.3 is 0 Å². The fourth-order valence-corrected chi connectivity index (χ4v) is 3.21. The summed E-state index contributed by atoms with van der Waals surface area (Å²) >= 11 is 15.7. The largest absolute Gasteiger partial charge is 0.340 e. The minimum Gasteiger partial charge on any atom is -0.340 e. The third kappa shape index (κ3) is 2.79. The van der Waals surface area contributed by atoms with E-state index in [0.29, 0.717) is 21.6 Å². The first-order chi connectivity index (χ1) is 9.70. The molecule has 2 rings (SSSR count).